The molecular formula is C17H19N3S. The summed E-state index contributed by atoms with van der Waals surface area (Å²) in [5, 5.41) is 6.12. The molecule has 2 N–H and O–H groups in total. The van der Waals surface area contributed by atoms with Crippen LogP contribution in [0.5, 0.6) is 0 Å². The fraction of sp³-hybridized carbons (Fsp3) is 0.235. The summed E-state index contributed by atoms with van der Waals surface area (Å²) < 4.78 is 0. The van der Waals surface area contributed by atoms with E-state index in [0.29, 0.717) is 11.0 Å². The molecule has 0 saturated carbocycles. The Hall–Kier alpha value is -1.91. The van der Waals surface area contributed by atoms with Crippen molar-refractivity contribution in [3.8, 4) is 0 Å². The van der Waals surface area contributed by atoms with E-state index in [1.54, 1.807) is 0 Å². The predicted molar refractivity (Wildman–Crippen MR) is 90.7 cm³/mol. The summed E-state index contributed by atoms with van der Waals surface area (Å²) in [6.45, 7) is 4.37. The lowest BCUT2D eigenvalue weighted by atomic mass is 9.89. The van der Waals surface area contributed by atoms with Gasteiger partial charge in [-0.15, -0.1) is 0 Å². The minimum absolute atomic E-state index is 0.326. The Kier molecular flexibility index (Phi) is 3.66. The largest absolute Gasteiger partial charge is 0.338 e. The van der Waals surface area contributed by atoms with Gasteiger partial charge in [-0.25, -0.2) is 5.01 Å². The van der Waals surface area contributed by atoms with Crippen LogP contribution in [0.15, 0.2) is 60.7 Å². The lowest BCUT2D eigenvalue weighted by molar-refractivity contribution is 0.247. The van der Waals surface area contributed by atoms with Gasteiger partial charge in [0.1, 0.15) is 5.66 Å². The Labute approximate surface area is 130 Å². The molecular weight excluding hydrogens is 278 g/mol. The molecule has 1 fully saturated rings. The molecule has 4 heteroatoms. The highest BCUT2D eigenvalue weighted by molar-refractivity contribution is 7.80. The molecule has 108 valence electrons. The summed E-state index contributed by atoms with van der Waals surface area (Å²) in [7, 11) is 0. The van der Waals surface area contributed by atoms with E-state index in [1.165, 1.54) is 5.56 Å². The molecule has 0 radical (unpaired) electrons. The van der Waals surface area contributed by atoms with Crippen LogP contribution in [-0.2, 0) is 5.66 Å². The molecule has 0 aliphatic carbocycles. The molecule has 21 heavy (non-hydrogen) atoms. The van der Waals surface area contributed by atoms with Gasteiger partial charge in [-0.1, -0.05) is 62.4 Å². The second-order valence-electron chi connectivity index (χ2n) is 5.54. The molecule has 2 aromatic carbocycles. The summed E-state index contributed by atoms with van der Waals surface area (Å²) in [5.74, 6) is 0.326. The topological polar surface area (TPSA) is 27.3 Å². The van der Waals surface area contributed by atoms with E-state index in [9.17, 15) is 0 Å². The third kappa shape index (κ3) is 2.41. The number of para-hydroxylation sites is 1. The number of thiocarbonyl (C=S) groups is 1. The number of hydrogen-bond donors (Lipinski definition) is 2. The Bertz CT molecular complexity index is 627. The molecule has 1 heterocycles. The second kappa shape index (κ2) is 5.47. The molecule has 2 aromatic rings. The van der Waals surface area contributed by atoms with Crippen molar-refractivity contribution < 1.29 is 0 Å². The van der Waals surface area contributed by atoms with Crippen molar-refractivity contribution in [2.75, 3.05) is 5.01 Å². The lowest BCUT2D eigenvalue weighted by Crippen LogP contribution is -2.52. The van der Waals surface area contributed by atoms with Gasteiger partial charge in [0.15, 0.2) is 5.11 Å². The van der Waals surface area contributed by atoms with Crippen molar-refractivity contribution in [2.24, 2.45) is 5.92 Å². The van der Waals surface area contributed by atoms with E-state index < -0.39 is 0 Å². The number of hydrazine groups is 1. The zero-order valence-corrected chi connectivity index (χ0v) is 13.0. The van der Waals surface area contributed by atoms with Crippen LogP contribution in [0.2, 0.25) is 0 Å². The number of nitrogens with zero attached hydrogens (tertiary/aromatic N) is 1. The second-order valence-corrected chi connectivity index (χ2v) is 5.93. The monoisotopic (exact) mass is 297 g/mol. The number of anilines is 1. The average molecular weight is 297 g/mol. The first kappa shape index (κ1) is 14.0. The molecule has 1 aliphatic heterocycles. The van der Waals surface area contributed by atoms with Crippen molar-refractivity contribution in [1.29, 1.82) is 0 Å². The normalized spacial score (nSPS) is 21.7. The van der Waals surface area contributed by atoms with Crippen molar-refractivity contribution >= 4 is 23.0 Å². The van der Waals surface area contributed by atoms with E-state index in [4.69, 9.17) is 12.2 Å². The van der Waals surface area contributed by atoms with Gasteiger partial charge in [-0.05, 0) is 35.8 Å². The smallest absolute Gasteiger partial charge is 0.190 e. The average Bonchev–Trinajstić information content (AvgIpc) is 2.88. The summed E-state index contributed by atoms with van der Waals surface area (Å²) >= 11 is 5.54. The maximum atomic E-state index is 5.54. The van der Waals surface area contributed by atoms with E-state index >= 15 is 0 Å². The molecule has 0 bridgehead atoms. The van der Waals surface area contributed by atoms with Crippen LogP contribution in [0.25, 0.3) is 0 Å². The van der Waals surface area contributed by atoms with Gasteiger partial charge in [0.25, 0.3) is 0 Å². The van der Waals surface area contributed by atoms with Crippen molar-refractivity contribution in [3.05, 3.63) is 66.2 Å². The van der Waals surface area contributed by atoms with Gasteiger partial charge in [-0.3, -0.25) is 0 Å². The van der Waals surface area contributed by atoms with Gasteiger partial charge in [-0.2, -0.15) is 5.43 Å². The molecule has 3 nitrogen and oxygen atoms in total. The lowest BCUT2D eigenvalue weighted by Gasteiger charge is -2.34. The highest BCUT2D eigenvalue weighted by Crippen LogP contribution is 2.32. The SMILES string of the molecule is CC(C)[C@@]1(c2ccccc2)NC(=S)N(c2ccccc2)N1. The number of nitrogens with one attached hydrogen (secondary N) is 2. The van der Waals surface area contributed by atoms with Crippen LogP contribution in [0.3, 0.4) is 0 Å². The fourth-order valence-corrected chi connectivity index (χ4v) is 3.00. The maximum Gasteiger partial charge on any atom is 0.190 e. The Morgan fingerprint density at radius 2 is 1.52 bits per heavy atom. The van der Waals surface area contributed by atoms with E-state index in [-0.39, 0.29) is 5.66 Å². The van der Waals surface area contributed by atoms with Gasteiger partial charge in [0.05, 0.1) is 5.69 Å². The van der Waals surface area contributed by atoms with Crippen LogP contribution in [0.4, 0.5) is 5.69 Å². The minimum atomic E-state index is -0.381. The quantitative estimate of drug-likeness (QED) is 0.849. The predicted octanol–water partition coefficient (Wildman–Crippen LogP) is 3.39. The molecule has 3 rings (SSSR count). The number of rotatable bonds is 3. The van der Waals surface area contributed by atoms with Gasteiger partial charge >= 0.3 is 0 Å². The highest BCUT2D eigenvalue weighted by atomic mass is 32.1. The van der Waals surface area contributed by atoms with Crippen LogP contribution in [-0.4, -0.2) is 5.11 Å². The molecule has 0 spiro atoms. The van der Waals surface area contributed by atoms with Gasteiger partial charge in [0.2, 0.25) is 0 Å². The van der Waals surface area contributed by atoms with Crippen molar-refractivity contribution in [2.45, 2.75) is 19.5 Å². The third-order valence-corrected chi connectivity index (χ3v) is 4.19. The Morgan fingerprint density at radius 3 is 2.10 bits per heavy atom. The zero-order valence-electron chi connectivity index (χ0n) is 12.2. The first-order valence-corrected chi connectivity index (χ1v) is 7.55. The third-order valence-electron chi connectivity index (χ3n) is 3.90. The van der Waals surface area contributed by atoms with E-state index in [2.05, 4.69) is 48.9 Å². The number of hydrogen-bond acceptors (Lipinski definition) is 2. The maximum absolute atomic E-state index is 5.54. The van der Waals surface area contributed by atoms with Crippen LogP contribution >= 0.6 is 12.2 Å². The van der Waals surface area contributed by atoms with Crippen molar-refractivity contribution in [1.82, 2.24) is 10.7 Å². The molecule has 1 aliphatic rings. The van der Waals surface area contributed by atoms with E-state index in [1.807, 2.05) is 41.4 Å². The van der Waals surface area contributed by atoms with Gasteiger partial charge in [0, 0.05) is 0 Å². The molecule has 1 atom stereocenters. The molecule has 0 aromatic heterocycles. The summed E-state index contributed by atoms with van der Waals surface area (Å²) in [4.78, 5) is 0. The Balaban J connectivity index is 2.00. The summed E-state index contributed by atoms with van der Waals surface area (Å²) in [6, 6.07) is 20.5. The minimum Gasteiger partial charge on any atom is -0.338 e. The first-order valence-electron chi connectivity index (χ1n) is 7.14. The fourth-order valence-electron chi connectivity index (χ4n) is 2.68. The van der Waals surface area contributed by atoms with Crippen LogP contribution in [0.1, 0.15) is 19.4 Å². The zero-order chi connectivity index (χ0) is 14.9. The van der Waals surface area contributed by atoms with Crippen molar-refractivity contribution in [3.63, 3.8) is 0 Å². The number of benzene rings is 2. The van der Waals surface area contributed by atoms with Crippen LogP contribution < -0.4 is 15.8 Å². The molecule has 1 saturated heterocycles. The first-order chi connectivity index (χ1) is 10.1. The van der Waals surface area contributed by atoms with Gasteiger partial charge < -0.3 is 5.32 Å². The highest BCUT2D eigenvalue weighted by Gasteiger charge is 2.44. The summed E-state index contributed by atoms with van der Waals surface area (Å²) in [6.07, 6.45) is 0. The Morgan fingerprint density at radius 1 is 0.952 bits per heavy atom. The summed E-state index contributed by atoms with van der Waals surface area (Å²) in [5.41, 5.74) is 5.40. The molecule has 0 amide bonds. The van der Waals surface area contributed by atoms with E-state index in [0.717, 1.165) is 5.69 Å². The standard InChI is InChI=1S/C17H19N3S/c1-13(2)17(14-9-5-3-6-10-14)18-16(21)20(19-17)15-11-7-4-8-12-15/h3-13,19H,1-2H3,(H,18,21)/t17-/m1/s1. The molecule has 0 unspecified atom stereocenters. The van der Waals surface area contributed by atoms with Crippen LogP contribution in [0, 0.1) is 5.92 Å².